The van der Waals surface area contributed by atoms with Gasteiger partial charge in [0.15, 0.2) is 17.8 Å². The summed E-state index contributed by atoms with van der Waals surface area (Å²) in [5.74, 6) is -0.00283. The molecular formula is C8H6BrClO3. The summed E-state index contributed by atoms with van der Waals surface area (Å²) >= 11 is 8.86. The fourth-order valence-corrected chi connectivity index (χ4v) is 1.85. The fourth-order valence-electron chi connectivity index (χ4n) is 0.905. The van der Waals surface area contributed by atoms with Gasteiger partial charge in [0.25, 0.3) is 0 Å². The maximum atomic E-state index is 10.6. The molecule has 0 aromatic heterocycles. The van der Waals surface area contributed by atoms with E-state index in [0.717, 1.165) is 0 Å². The van der Waals surface area contributed by atoms with Gasteiger partial charge in [0.05, 0.1) is 17.7 Å². The van der Waals surface area contributed by atoms with E-state index in [-0.39, 0.29) is 22.1 Å². The highest BCUT2D eigenvalue weighted by Gasteiger charge is 2.14. The smallest absolute Gasteiger partial charge is 0.179 e. The third-order valence-corrected chi connectivity index (χ3v) is 2.54. The summed E-state index contributed by atoms with van der Waals surface area (Å²) in [7, 11) is 1.36. The lowest BCUT2D eigenvalue weighted by molar-refractivity contribution is 0.112. The first-order valence-corrected chi connectivity index (χ1v) is 4.49. The topological polar surface area (TPSA) is 46.5 Å². The Bertz CT molecular complexity index is 352. The molecule has 0 bridgehead atoms. The lowest BCUT2D eigenvalue weighted by Gasteiger charge is -2.08. The van der Waals surface area contributed by atoms with Crippen LogP contribution in [0.2, 0.25) is 5.02 Å². The van der Waals surface area contributed by atoms with Crippen LogP contribution < -0.4 is 4.74 Å². The number of phenolic OH excluding ortho intramolecular Hbond substituents is 1. The molecule has 0 aliphatic carbocycles. The zero-order valence-corrected chi connectivity index (χ0v) is 9.02. The highest BCUT2D eigenvalue weighted by atomic mass is 79.9. The number of ether oxygens (including phenoxy) is 1. The number of aldehydes is 1. The van der Waals surface area contributed by atoms with E-state index in [0.29, 0.717) is 10.8 Å². The predicted molar refractivity (Wildman–Crippen MR) is 52.8 cm³/mol. The minimum atomic E-state index is -0.107. The minimum Gasteiger partial charge on any atom is -0.504 e. The first kappa shape index (κ1) is 10.3. The second-order valence-electron chi connectivity index (χ2n) is 2.26. The average Bonchev–Trinajstić information content (AvgIpc) is 2.04. The lowest BCUT2D eigenvalue weighted by atomic mass is 10.2. The zero-order valence-electron chi connectivity index (χ0n) is 6.67. The number of rotatable bonds is 2. The first-order chi connectivity index (χ1) is 6.11. The first-order valence-electron chi connectivity index (χ1n) is 3.32. The minimum absolute atomic E-state index is 0.101. The SMILES string of the molecule is COc1c(O)cc(Br)c(C=O)c1Cl. The molecule has 70 valence electrons. The van der Waals surface area contributed by atoms with Gasteiger partial charge in [-0.2, -0.15) is 0 Å². The van der Waals surface area contributed by atoms with Crippen LogP contribution in [0, 0.1) is 0 Å². The summed E-state index contributed by atoms with van der Waals surface area (Å²) in [6.07, 6.45) is 0.592. The molecule has 0 spiro atoms. The van der Waals surface area contributed by atoms with Crippen LogP contribution in [0.5, 0.6) is 11.5 Å². The molecule has 0 atom stereocenters. The Kier molecular flexibility index (Phi) is 3.17. The summed E-state index contributed by atoms with van der Waals surface area (Å²) in [4.78, 5) is 10.6. The van der Waals surface area contributed by atoms with E-state index in [9.17, 15) is 9.90 Å². The molecule has 0 amide bonds. The second kappa shape index (κ2) is 3.98. The number of benzene rings is 1. The van der Waals surface area contributed by atoms with Crippen LogP contribution in [0.1, 0.15) is 10.4 Å². The highest BCUT2D eigenvalue weighted by Crippen LogP contribution is 2.39. The average molecular weight is 265 g/mol. The fraction of sp³-hybridized carbons (Fsp3) is 0.125. The third-order valence-electron chi connectivity index (χ3n) is 1.51. The number of hydrogen-bond acceptors (Lipinski definition) is 3. The largest absolute Gasteiger partial charge is 0.504 e. The number of hydrogen-bond donors (Lipinski definition) is 1. The normalized spacial score (nSPS) is 9.77. The molecule has 13 heavy (non-hydrogen) atoms. The zero-order chi connectivity index (χ0) is 10.0. The lowest BCUT2D eigenvalue weighted by Crippen LogP contribution is -1.91. The summed E-state index contributed by atoms with van der Waals surface area (Å²) in [5, 5.41) is 9.44. The van der Waals surface area contributed by atoms with E-state index in [1.807, 2.05) is 0 Å². The molecule has 1 rings (SSSR count). The molecule has 0 aliphatic rings. The van der Waals surface area contributed by atoms with Crippen molar-refractivity contribution in [2.24, 2.45) is 0 Å². The van der Waals surface area contributed by atoms with Gasteiger partial charge in [-0.3, -0.25) is 4.79 Å². The molecule has 0 fully saturated rings. The van der Waals surface area contributed by atoms with Crippen molar-refractivity contribution in [1.82, 2.24) is 0 Å². The molecule has 5 heteroatoms. The van der Waals surface area contributed by atoms with Crippen molar-refractivity contribution >= 4 is 33.8 Å². The van der Waals surface area contributed by atoms with Crippen LogP contribution in [0.3, 0.4) is 0 Å². The number of phenols is 1. The van der Waals surface area contributed by atoms with Crippen molar-refractivity contribution in [2.45, 2.75) is 0 Å². The molecule has 0 saturated heterocycles. The van der Waals surface area contributed by atoms with Crippen LogP contribution in [-0.4, -0.2) is 18.5 Å². The van der Waals surface area contributed by atoms with Gasteiger partial charge in [-0.15, -0.1) is 0 Å². The quantitative estimate of drug-likeness (QED) is 0.836. The molecular weight excluding hydrogens is 259 g/mol. The van der Waals surface area contributed by atoms with Gasteiger partial charge in [-0.05, 0) is 22.0 Å². The van der Waals surface area contributed by atoms with Gasteiger partial charge in [0, 0.05) is 4.47 Å². The van der Waals surface area contributed by atoms with Crippen molar-refractivity contribution in [3.05, 3.63) is 21.1 Å². The number of halogens is 2. The van der Waals surface area contributed by atoms with Crippen molar-refractivity contribution < 1.29 is 14.6 Å². The van der Waals surface area contributed by atoms with Gasteiger partial charge in [0.1, 0.15) is 0 Å². The van der Waals surface area contributed by atoms with E-state index in [2.05, 4.69) is 15.9 Å². The Morgan fingerprint density at radius 3 is 2.77 bits per heavy atom. The van der Waals surface area contributed by atoms with Gasteiger partial charge in [-0.25, -0.2) is 0 Å². The summed E-state index contributed by atoms with van der Waals surface area (Å²) in [6, 6.07) is 1.36. The van der Waals surface area contributed by atoms with Crippen molar-refractivity contribution in [1.29, 1.82) is 0 Å². The second-order valence-corrected chi connectivity index (χ2v) is 3.49. The molecule has 0 aliphatic heterocycles. The van der Waals surface area contributed by atoms with Gasteiger partial charge >= 0.3 is 0 Å². The maximum Gasteiger partial charge on any atom is 0.179 e. The van der Waals surface area contributed by atoms with Crippen LogP contribution in [0.4, 0.5) is 0 Å². The van der Waals surface area contributed by atoms with Crippen LogP contribution >= 0.6 is 27.5 Å². The predicted octanol–water partition coefficient (Wildman–Crippen LogP) is 2.63. The number of carbonyl (C=O) groups is 1. The molecule has 1 aromatic rings. The van der Waals surface area contributed by atoms with E-state index in [1.165, 1.54) is 13.2 Å². The summed E-state index contributed by atoms with van der Waals surface area (Å²) in [6.45, 7) is 0. The standard InChI is InChI=1S/C8H6BrClO3/c1-13-8-6(12)2-5(9)4(3-11)7(8)10/h2-3,12H,1H3. The Hall–Kier alpha value is -0.740. The molecule has 1 aromatic carbocycles. The van der Waals surface area contributed by atoms with E-state index < -0.39 is 0 Å². The van der Waals surface area contributed by atoms with E-state index in [1.54, 1.807) is 0 Å². The van der Waals surface area contributed by atoms with Gasteiger partial charge < -0.3 is 9.84 Å². The maximum absolute atomic E-state index is 10.6. The van der Waals surface area contributed by atoms with E-state index in [4.69, 9.17) is 16.3 Å². The van der Waals surface area contributed by atoms with Gasteiger partial charge in [0.2, 0.25) is 0 Å². The Morgan fingerprint density at radius 1 is 1.69 bits per heavy atom. The Labute approximate surface area is 88.4 Å². The number of aromatic hydroxyl groups is 1. The Balaban J connectivity index is 3.47. The monoisotopic (exact) mass is 264 g/mol. The van der Waals surface area contributed by atoms with Crippen molar-refractivity contribution in [2.75, 3.05) is 7.11 Å². The van der Waals surface area contributed by atoms with Crippen LogP contribution in [0.15, 0.2) is 10.5 Å². The summed E-state index contributed by atoms with van der Waals surface area (Å²) in [5.41, 5.74) is 0.260. The van der Waals surface area contributed by atoms with Gasteiger partial charge in [-0.1, -0.05) is 11.6 Å². The van der Waals surface area contributed by atoms with Crippen molar-refractivity contribution in [3.63, 3.8) is 0 Å². The van der Waals surface area contributed by atoms with Crippen LogP contribution in [0.25, 0.3) is 0 Å². The molecule has 0 heterocycles. The molecule has 0 radical (unpaired) electrons. The number of carbonyl (C=O) groups excluding carboxylic acids is 1. The molecule has 0 unspecified atom stereocenters. The van der Waals surface area contributed by atoms with Crippen molar-refractivity contribution in [3.8, 4) is 11.5 Å². The molecule has 0 saturated carbocycles. The Morgan fingerprint density at radius 2 is 2.31 bits per heavy atom. The number of methoxy groups -OCH3 is 1. The highest BCUT2D eigenvalue weighted by molar-refractivity contribution is 9.10. The van der Waals surface area contributed by atoms with E-state index >= 15 is 0 Å². The van der Waals surface area contributed by atoms with Crippen LogP contribution in [-0.2, 0) is 0 Å². The summed E-state index contributed by atoms with van der Waals surface area (Å²) < 4.78 is 5.25. The molecule has 1 N–H and O–H groups in total. The molecule has 3 nitrogen and oxygen atoms in total. The third kappa shape index (κ3) is 1.78.